The molecule has 1 aliphatic heterocycles. The number of nitrogens with one attached hydrogen (secondary N) is 1. The zero-order chi connectivity index (χ0) is 13.6. The van der Waals surface area contributed by atoms with Gasteiger partial charge in [0.2, 0.25) is 5.91 Å². The molecule has 1 amide bonds. The molecule has 1 rings (SSSR count). The first kappa shape index (κ1) is 14.0. The number of likely N-dealkylation sites (N-methyl/N-ethyl adjacent to an activating group) is 1. The van der Waals surface area contributed by atoms with E-state index in [0.29, 0.717) is 5.84 Å². The van der Waals surface area contributed by atoms with Crippen LogP contribution in [0, 0.1) is 0 Å². The molecular weight excluding hydrogens is 242 g/mol. The fourth-order valence-electron chi connectivity index (χ4n) is 1.59. The molecule has 0 spiro atoms. The summed E-state index contributed by atoms with van der Waals surface area (Å²) in [5, 5.41) is 2.70. The summed E-state index contributed by atoms with van der Waals surface area (Å²) in [6.07, 6.45) is 0. The highest BCUT2D eigenvalue weighted by atomic mass is 32.2. The molecule has 17 heavy (non-hydrogen) atoms. The molecule has 0 saturated carbocycles. The van der Waals surface area contributed by atoms with Gasteiger partial charge in [-0.2, -0.15) is 0 Å². The van der Waals surface area contributed by atoms with E-state index in [4.69, 9.17) is 0 Å². The number of amidine groups is 1. The molecule has 0 fully saturated rings. The second kappa shape index (κ2) is 3.69. The summed E-state index contributed by atoms with van der Waals surface area (Å²) in [5.74, 6) is -0.223. The maximum absolute atomic E-state index is 12.1. The maximum atomic E-state index is 12.1. The van der Waals surface area contributed by atoms with Crippen LogP contribution < -0.4 is 5.32 Å². The number of sulfonamides is 1. The molecular formula is C10H19N3O3S. The Labute approximate surface area is 102 Å². The standard InChI is InChI=1S/C10H19N3O3S/c1-9(2)7(13(5)6)12-17(15,16)10(3,4)8(14)11-9/h1-6H3,(H,11,14). The van der Waals surface area contributed by atoms with Crippen molar-refractivity contribution in [2.75, 3.05) is 14.1 Å². The third-order valence-corrected chi connectivity index (χ3v) is 4.70. The van der Waals surface area contributed by atoms with E-state index < -0.39 is 26.2 Å². The average molecular weight is 261 g/mol. The summed E-state index contributed by atoms with van der Waals surface area (Å²) >= 11 is 0. The molecule has 0 aliphatic carbocycles. The Kier molecular flexibility index (Phi) is 3.03. The second-order valence-corrected chi connectivity index (χ2v) is 7.53. The summed E-state index contributed by atoms with van der Waals surface area (Å²) in [4.78, 5) is 13.5. The van der Waals surface area contributed by atoms with Crippen LogP contribution in [0.1, 0.15) is 27.7 Å². The van der Waals surface area contributed by atoms with E-state index >= 15 is 0 Å². The van der Waals surface area contributed by atoms with Crippen LogP contribution in [0.25, 0.3) is 0 Å². The van der Waals surface area contributed by atoms with Crippen molar-refractivity contribution in [2.45, 2.75) is 38.0 Å². The van der Waals surface area contributed by atoms with Gasteiger partial charge in [0.05, 0.1) is 5.54 Å². The van der Waals surface area contributed by atoms with E-state index in [0.717, 1.165) is 0 Å². The smallest absolute Gasteiger partial charge is 0.269 e. The molecule has 1 heterocycles. The number of carbonyl (C=O) groups is 1. The molecule has 98 valence electrons. The van der Waals surface area contributed by atoms with Crippen LogP contribution in [-0.4, -0.2) is 49.4 Å². The van der Waals surface area contributed by atoms with Gasteiger partial charge in [0.25, 0.3) is 10.0 Å². The molecule has 0 bridgehead atoms. The molecule has 0 saturated heterocycles. The topological polar surface area (TPSA) is 78.8 Å². The van der Waals surface area contributed by atoms with Crippen LogP contribution in [-0.2, 0) is 14.8 Å². The fourth-order valence-corrected chi connectivity index (χ4v) is 2.72. The molecule has 0 unspecified atom stereocenters. The third-order valence-electron chi connectivity index (χ3n) is 2.81. The minimum Gasteiger partial charge on any atom is -0.364 e. The van der Waals surface area contributed by atoms with Crippen molar-refractivity contribution in [3.05, 3.63) is 0 Å². The van der Waals surface area contributed by atoms with E-state index in [2.05, 4.69) is 9.71 Å². The van der Waals surface area contributed by atoms with Gasteiger partial charge in [0.15, 0.2) is 4.75 Å². The first-order chi connectivity index (χ1) is 7.42. The predicted molar refractivity (Wildman–Crippen MR) is 66.3 cm³/mol. The van der Waals surface area contributed by atoms with E-state index in [9.17, 15) is 13.2 Å². The monoisotopic (exact) mass is 261 g/mol. The SMILES string of the molecule is CN(C)C1=NS(=O)(=O)C(C)(C)C(=O)NC1(C)C. The Morgan fingerprint density at radius 2 is 1.65 bits per heavy atom. The number of carbonyl (C=O) groups excluding carboxylic acids is 1. The molecule has 0 aromatic carbocycles. The van der Waals surface area contributed by atoms with Crippen molar-refractivity contribution in [1.82, 2.24) is 10.2 Å². The second-order valence-electron chi connectivity index (χ2n) is 5.37. The van der Waals surface area contributed by atoms with Crippen molar-refractivity contribution >= 4 is 21.8 Å². The Morgan fingerprint density at radius 3 is 2.06 bits per heavy atom. The van der Waals surface area contributed by atoms with E-state index in [1.165, 1.54) is 13.8 Å². The van der Waals surface area contributed by atoms with E-state index in [1.807, 2.05) is 0 Å². The molecule has 0 aromatic heterocycles. The Balaban J connectivity index is 3.53. The zero-order valence-corrected chi connectivity index (χ0v) is 11.8. The predicted octanol–water partition coefficient (Wildman–Crippen LogP) is -0.0367. The van der Waals surface area contributed by atoms with Crippen LogP contribution in [0.15, 0.2) is 4.40 Å². The normalized spacial score (nSPS) is 25.5. The molecule has 0 atom stereocenters. The lowest BCUT2D eigenvalue weighted by Gasteiger charge is -2.30. The van der Waals surface area contributed by atoms with Gasteiger partial charge in [-0.1, -0.05) is 0 Å². The largest absolute Gasteiger partial charge is 0.364 e. The Morgan fingerprint density at radius 1 is 1.18 bits per heavy atom. The van der Waals surface area contributed by atoms with Gasteiger partial charge >= 0.3 is 0 Å². The maximum Gasteiger partial charge on any atom is 0.269 e. The van der Waals surface area contributed by atoms with Crippen LogP contribution in [0.4, 0.5) is 0 Å². The number of hydrogen-bond acceptors (Lipinski definition) is 4. The highest BCUT2D eigenvalue weighted by Gasteiger charge is 2.48. The fraction of sp³-hybridized carbons (Fsp3) is 0.800. The molecule has 0 radical (unpaired) electrons. The van der Waals surface area contributed by atoms with Gasteiger partial charge < -0.3 is 10.2 Å². The molecule has 7 heteroatoms. The Hall–Kier alpha value is -1.11. The molecule has 1 aliphatic rings. The summed E-state index contributed by atoms with van der Waals surface area (Å²) in [5.41, 5.74) is -0.818. The minimum atomic E-state index is -3.88. The van der Waals surface area contributed by atoms with Gasteiger partial charge in [-0.25, -0.2) is 8.42 Å². The Bertz CT molecular complexity index is 475. The lowest BCUT2D eigenvalue weighted by molar-refractivity contribution is -0.123. The van der Waals surface area contributed by atoms with E-state index in [-0.39, 0.29) is 0 Å². The highest BCUT2D eigenvalue weighted by molar-refractivity contribution is 7.92. The van der Waals surface area contributed by atoms with Gasteiger partial charge in [0, 0.05) is 14.1 Å². The summed E-state index contributed by atoms with van der Waals surface area (Å²) < 4.78 is 26.4. The molecule has 1 N–H and O–H groups in total. The van der Waals surface area contributed by atoms with Crippen molar-refractivity contribution in [2.24, 2.45) is 4.40 Å². The van der Waals surface area contributed by atoms with Crippen LogP contribution >= 0.6 is 0 Å². The van der Waals surface area contributed by atoms with Crippen LogP contribution in [0.5, 0.6) is 0 Å². The zero-order valence-electron chi connectivity index (χ0n) is 11.0. The summed E-state index contributed by atoms with van der Waals surface area (Å²) in [7, 11) is -0.488. The molecule has 0 aromatic rings. The van der Waals surface area contributed by atoms with E-state index in [1.54, 1.807) is 32.8 Å². The quantitative estimate of drug-likeness (QED) is 0.664. The summed E-state index contributed by atoms with van der Waals surface area (Å²) in [6.45, 7) is 6.16. The minimum absolute atomic E-state index is 0.316. The van der Waals surface area contributed by atoms with Crippen LogP contribution in [0.2, 0.25) is 0 Å². The number of rotatable bonds is 0. The van der Waals surface area contributed by atoms with Crippen molar-refractivity contribution in [3.63, 3.8) is 0 Å². The lowest BCUT2D eigenvalue weighted by Crippen LogP contribution is -2.56. The van der Waals surface area contributed by atoms with Gasteiger partial charge in [-0.3, -0.25) is 4.79 Å². The molecule has 6 nitrogen and oxygen atoms in total. The van der Waals surface area contributed by atoms with Crippen molar-refractivity contribution in [3.8, 4) is 0 Å². The summed E-state index contributed by atoms with van der Waals surface area (Å²) in [6, 6.07) is 0. The first-order valence-corrected chi connectivity index (χ1v) is 6.71. The number of amides is 1. The van der Waals surface area contributed by atoms with Gasteiger partial charge in [-0.15, -0.1) is 4.40 Å². The van der Waals surface area contributed by atoms with Crippen molar-refractivity contribution < 1.29 is 13.2 Å². The number of nitrogens with zero attached hydrogens (tertiary/aromatic N) is 2. The van der Waals surface area contributed by atoms with Crippen molar-refractivity contribution in [1.29, 1.82) is 0 Å². The lowest BCUT2D eigenvalue weighted by atomic mass is 10.0. The first-order valence-electron chi connectivity index (χ1n) is 5.27. The number of hydrogen-bond donors (Lipinski definition) is 1. The average Bonchev–Trinajstić information content (AvgIpc) is 2.15. The highest BCUT2D eigenvalue weighted by Crippen LogP contribution is 2.25. The third kappa shape index (κ3) is 2.15. The van der Waals surface area contributed by atoms with Gasteiger partial charge in [0.1, 0.15) is 5.84 Å². The van der Waals surface area contributed by atoms with Crippen LogP contribution in [0.3, 0.4) is 0 Å². The van der Waals surface area contributed by atoms with Gasteiger partial charge in [-0.05, 0) is 27.7 Å².